The molecular formula is C21H29N3O2. The van der Waals surface area contributed by atoms with Gasteiger partial charge in [-0.05, 0) is 12.0 Å². The van der Waals surface area contributed by atoms with Crippen molar-refractivity contribution >= 4 is 5.91 Å². The maximum atomic E-state index is 12.6. The Labute approximate surface area is 156 Å². The minimum absolute atomic E-state index is 0.0231. The van der Waals surface area contributed by atoms with E-state index in [2.05, 4.69) is 30.7 Å². The summed E-state index contributed by atoms with van der Waals surface area (Å²) in [7, 11) is 0. The highest BCUT2D eigenvalue weighted by molar-refractivity contribution is 5.78. The van der Waals surface area contributed by atoms with Gasteiger partial charge in [0.05, 0.1) is 19.2 Å². The van der Waals surface area contributed by atoms with Crippen molar-refractivity contribution in [2.75, 3.05) is 26.2 Å². The molecule has 0 bridgehead atoms. The van der Waals surface area contributed by atoms with E-state index in [1.54, 1.807) is 0 Å². The first-order valence-electron chi connectivity index (χ1n) is 9.41. The first-order chi connectivity index (χ1) is 12.4. The van der Waals surface area contributed by atoms with Gasteiger partial charge in [-0.3, -0.25) is 9.69 Å². The van der Waals surface area contributed by atoms with E-state index < -0.39 is 0 Å². The molecule has 5 nitrogen and oxygen atoms in total. The Kier molecular flexibility index (Phi) is 5.77. The van der Waals surface area contributed by atoms with Gasteiger partial charge >= 0.3 is 0 Å². The number of rotatable bonds is 4. The predicted octanol–water partition coefficient (Wildman–Crippen LogP) is 3.25. The Bertz CT molecular complexity index is 718. The molecular weight excluding hydrogens is 326 g/mol. The molecule has 2 heterocycles. The Morgan fingerprint density at radius 3 is 2.58 bits per heavy atom. The van der Waals surface area contributed by atoms with Gasteiger partial charge in [-0.2, -0.15) is 0 Å². The summed E-state index contributed by atoms with van der Waals surface area (Å²) >= 11 is 0. The van der Waals surface area contributed by atoms with Crippen LogP contribution in [0.5, 0.6) is 0 Å². The van der Waals surface area contributed by atoms with Gasteiger partial charge in [0.15, 0.2) is 0 Å². The lowest BCUT2D eigenvalue weighted by molar-refractivity contribution is -0.130. The van der Waals surface area contributed by atoms with Gasteiger partial charge in [0, 0.05) is 31.6 Å². The number of benzene rings is 1. The third-order valence-electron chi connectivity index (χ3n) is 4.79. The van der Waals surface area contributed by atoms with E-state index >= 15 is 0 Å². The molecule has 0 atom stereocenters. The van der Waals surface area contributed by atoms with Gasteiger partial charge < -0.3 is 9.32 Å². The molecule has 1 saturated heterocycles. The van der Waals surface area contributed by atoms with Gasteiger partial charge in [0.1, 0.15) is 5.76 Å². The van der Waals surface area contributed by atoms with Crippen LogP contribution in [0, 0.1) is 0 Å². The number of oxazole rings is 1. The monoisotopic (exact) mass is 355 g/mol. The van der Waals surface area contributed by atoms with Crippen LogP contribution in [0.2, 0.25) is 0 Å². The van der Waals surface area contributed by atoms with Gasteiger partial charge in [-0.15, -0.1) is 0 Å². The lowest BCUT2D eigenvalue weighted by Crippen LogP contribution is -2.36. The Hall–Kier alpha value is -2.14. The molecule has 0 spiro atoms. The highest BCUT2D eigenvalue weighted by Crippen LogP contribution is 2.23. The van der Waals surface area contributed by atoms with Crippen molar-refractivity contribution in [3.8, 4) is 0 Å². The van der Waals surface area contributed by atoms with Crippen molar-refractivity contribution in [1.82, 2.24) is 14.8 Å². The highest BCUT2D eigenvalue weighted by Gasteiger charge is 2.22. The minimum atomic E-state index is -0.0231. The average molecular weight is 355 g/mol. The molecule has 2 aromatic rings. The van der Waals surface area contributed by atoms with Crippen LogP contribution in [0.4, 0.5) is 0 Å². The molecule has 1 aliphatic rings. The third-order valence-corrected chi connectivity index (χ3v) is 4.79. The molecule has 1 amide bonds. The van der Waals surface area contributed by atoms with Crippen molar-refractivity contribution in [2.45, 2.75) is 45.6 Å². The smallest absolute Gasteiger partial charge is 0.227 e. The average Bonchev–Trinajstić information content (AvgIpc) is 2.95. The first kappa shape index (κ1) is 18.6. The van der Waals surface area contributed by atoms with Crippen LogP contribution in [0.3, 0.4) is 0 Å². The molecule has 1 aliphatic heterocycles. The summed E-state index contributed by atoms with van der Waals surface area (Å²) in [6.07, 6.45) is 3.30. The molecule has 1 aromatic heterocycles. The van der Waals surface area contributed by atoms with Crippen molar-refractivity contribution in [2.24, 2.45) is 0 Å². The second-order valence-electron chi connectivity index (χ2n) is 8.04. The lowest BCUT2D eigenvalue weighted by atomic mass is 9.94. The van der Waals surface area contributed by atoms with Gasteiger partial charge in [-0.1, -0.05) is 51.1 Å². The van der Waals surface area contributed by atoms with Crippen LogP contribution in [-0.2, 0) is 23.2 Å². The van der Waals surface area contributed by atoms with E-state index in [1.807, 2.05) is 41.4 Å². The maximum Gasteiger partial charge on any atom is 0.227 e. The van der Waals surface area contributed by atoms with E-state index in [0.717, 1.165) is 49.8 Å². The second-order valence-corrected chi connectivity index (χ2v) is 8.04. The minimum Gasteiger partial charge on any atom is -0.444 e. The maximum absolute atomic E-state index is 12.6. The van der Waals surface area contributed by atoms with E-state index in [1.165, 1.54) is 0 Å². The number of amides is 1. The Balaban J connectivity index is 1.53. The molecule has 5 heteroatoms. The van der Waals surface area contributed by atoms with Gasteiger partial charge in [0.2, 0.25) is 11.8 Å². The normalized spacial score (nSPS) is 16.5. The third kappa shape index (κ3) is 4.94. The quantitative estimate of drug-likeness (QED) is 0.845. The summed E-state index contributed by atoms with van der Waals surface area (Å²) in [4.78, 5) is 21.3. The van der Waals surface area contributed by atoms with E-state index in [4.69, 9.17) is 4.42 Å². The topological polar surface area (TPSA) is 49.6 Å². The number of carbonyl (C=O) groups excluding carboxylic acids is 1. The summed E-state index contributed by atoms with van der Waals surface area (Å²) in [6, 6.07) is 9.96. The SMILES string of the molecule is CC(C)(C)c1cnc(CN2CCCN(C(=O)Cc3ccccc3)CC2)o1. The standard InChI is InChI=1S/C21H29N3O2/c1-21(2,3)18-15-22-19(26-18)16-23-10-7-11-24(13-12-23)20(25)14-17-8-5-4-6-9-17/h4-6,8-9,15H,7,10-14,16H2,1-3H3. The second kappa shape index (κ2) is 8.04. The zero-order valence-electron chi connectivity index (χ0n) is 16.1. The predicted molar refractivity (Wildman–Crippen MR) is 102 cm³/mol. The highest BCUT2D eigenvalue weighted by atomic mass is 16.4. The van der Waals surface area contributed by atoms with Crippen molar-refractivity contribution < 1.29 is 9.21 Å². The van der Waals surface area contributed by atoms with E-state index in [-0.39, 0.29) is 11.3 Å². The molecule has 3 rings (SSSR count). The fraction of sp³-hybridized carbons (Fsp3) is 0.524. The van der Waals surface area contributed by atoms with Gasteiger partial charge in [0.25, 0.3) is 0 Å². The summed E-state index contributed by atoms with van der Waals surface area (Å²) in [5, 5.41) is 0. The number of carbonyl (C=O) groups is 1. The largest absolute Gasteiger partial charge is 0.444 e. The molecule has 0 unspecified atom stereocenters. The zero-order valence-corrected chi connectivity index (χ0v) is 16.1. The van der Waals surface area contributed by atoms with E-state index in [9.17, 15) is 4.79 Å². The number of hydrogen-bond donors (Lipinski definition) is 0. The van der Waals surface area contributed by atoms with E-state index in [0.29, 0.717) is 13.0 Å². The van der Waals surface area contributed by atoms with Crippen LogP contribution in [0.25, 0.3) is 0 Å². The Morgan fingerprint density at radius 2 is 1.88 bits per heavy atom. The van der Waals surface area contributed by atoms with Crippen molar-refractivity contribution in [3.05, 3.63) is 53.7 Å². The molecule has 1 fully saturated rings. The molecule has 140 valence electrons. The summed E-state index contributed by atoms with van der Waals surface area (Å²) in [5.41, 5.74) is 1.05. The number of aromatic nitrogens is 1. The molecule has 0 aliphatic carbocycles. The van der Waals surface area contributed by atoms with Crippen LogP contribution in [0.1, 0.15) is 44.4 Å². The number of hydrogen-bond acceptors (Lipinski definition) is 4. The number of nitrogens with zero attached hydrogens (tertiary/aromatic N) is 3. The van der Waals surface area contributed by atoms with Crippen molar-refractivity contribution in [3.63, 3.8) is 0 Å². The fourth-order valence-corrected chi connectivity index (χ4v) is 3.18. The fourth-order valence-electron chi connectivity index (χ4n) is 3.18. The molecule has 0 radical (unpaired) electrons. The lowest BCUT2D eigenvalue weighted by Gasteiger charge is -2.21. The molecule has 26 heavy (non-hydrogen) atoms. The first-order valence-corrected chi connectivity index (χ1v) is 9.41. The van der Waals surface area contributed by atoms with Crippen LogP contribution in [0.15, 0.2) is 40.9 Å². The van der Waals surface area contributed by atoms with Crippen LogP contribution < -0.4 is 0 Å². The molecule has 0 N–H and O–H groups in total. The van der Waals surface area contributed by atoms with Crippen molar-refractivity contribution in [1.29, 1.82) is 0 Å². The summed E-state index contributed by atoms with van der Waals surface area (Å²) in [6.45, 7) is 10.5. The van der Waals surface area contributed by atoms with Crippen LogP contribution >= 0.6 is 0 Å². The summed E-state index contributed by atoms with van der Waals surface area (Å²) < 4.78 is 5.91. The zero-order chi connectivity index (χ0) is 18.6. The van der Waals surface area contributed by atoms with Crippen LogP contribution in [-0.4, -0.2) is 46.9 Å². The van der Waals surface area contributed by atoms with Gasteiger partial charge in [-0.25, -0.2) is 4.98 Å². The summed E-state index contributed by atoms with van der Waals surface area (Å²) in [5.74, 6) is 1.89. The molecule has 1 aromatic carbocycles. The Morgan fingerprint density at radius 1 is 1.12 bits per heavy atom. The molecule has 0 saturated carbocycles.